The molecule has 2 bridgehead atoms. The molecule has 0 N–H and O–H groups in total. The molecule has 16 heavy (non-hydrogen) atoms. The van der Waals surface area contributed by atoms with Crippen molar-refractivity contribution in [2.45, 2.75) is 65.5 Å². The average molecular weight is 227 g/mol. The number of fused-ring (bicyclic) bond motifs is 2. The van der Waals surface area contributed by atoms with E-state index in [1.807, 2.05) is 39.5 Å². The van der Waals surface area contributed by atoms with Gasteiger partial charge in [0.25, 0.3) is 0 Å². The Hall–Kier alpha value is -0.730. The van der Waals surface area contributed by atoms with Crippen molar-refractivity contribution < 1.29 is 9.53 Å². The summed E-state index contributed by atoms with van der Waals surface area (Å²) in [7, 11) is 0. The van der Waals surface area contributed by atoms with Gasteiger partial charge in [-0.25, -0.2) is 4.79 Å². The molecular weight excluding hydrogens is 202 g/mol. The Morgan fingerprint density at radius 3 is 2.25 bits per heavy atom. The zero-order valence-corrected chi connectivity index (χ0v) is 11.2. The second kappa shape index (κ2) is 5.07. The summed E-state index contributed by atoms with van der Waals surface area (Å²) in [5, 5.41) is 0. The summed E-state index contributed by atoms with van der Waals surface area (Å²) in [6.45, 7) is 10.7. The Bertz CT molecular complexity index is 245. The van der Waals surface area contributed by atoms with Gasteiger partial charge in [-0.3, -0.25) is 0 Å². The van der Waals surface area contributed by atoms with Crippen LogP contribution in [-0.4, -0.2) is 29.2 Å². The largest absolute Gasteiger partial charge is 0.444 e. The highest BCUT2D eigenvalue weighted by atomic mass is 16.6. The van der Waals surface area contributed by atoms with Crippen LogP contribution in [0.3, 0.4) is 0 Å². The predicted molar refractivity (Wildman–Crippen MR) is 65.4 cm³/mol. The van der Waals surface area contributed by atoms with Crippen LogP contribution in [0.4, 0.5) is 4.79 Å². The summed E-state index contributed by atoms with van der Waals surface area (Å²) in [5.74, 6) is 0.743. The predicted octanol–water partition coefficient (Wildman–Crippen LogP) is 3.43. The van der Waals surface area contributed by atoms with Crippen LogP contribution < -0.4 is 0 Å². The lowest BCUT2D eigenvalue weighted by Gasteiger charge is -2.30. The van der Waals surface area contributed by atoms with E-state index in [1.54, 1.807) is 0 Å². The molecule has 0 aromatic carbocycles. The normalized spacial score (nSPS) is 27.4. The van der Waals surface area contributed by atoms with Crippen molar-refractivity contribution in [1.82, 2.24) is 4.90 Å². The van der Waals surface area contributed by atoms with Crippen LogP contribution in [0.5, 0.6) is 0 Å². The molecule has 2 rings (SSSR count). The molecule has 0 spiro atoms. The minimum Gasteiger partial charge on any atom is -0.444 e. The van der Waals surface area contributed by atoms with Gasteiger partial charge in [-0.15, -0.1) is 0 Å². The molecule has 0 aromatic heterocycles. The van der Waals surface area contributed by atoms with Crippen LogP contribution in [-0.2, 0) is 4.74 Å². The Balaban J connectivity index is 0.000000606. The van der Waals surface area contributed by atoms with Crippen molar-refractivity contribution in [2.75, 3.05) is 6.54 Å². The molecule has 1 heterocycles. The lowest BCUT2D eigenvalue weighted by molar-refractivity contribution is 0.0191. The number of likely N-dealkylation sites (tertiary alicyclic amines) is 1. The van der Waals surface area contributed by atoms with Crippen LogP contribution in [0.15, 0.2) is 0 Å². The Morgan fingerprint density at radius 1 is 1.25 bits per heavy atom. The number of carbonyl (C=O) groups is 1. The first-order chi connectivity index (χ1) is 7.46. The van der Waals surface area contributed by atoms with E-state index in [4.69, 9.17) is 4.74 Å². The first kappa shape index (κ1) is 13.3. The number of piperidine rings is 1. The lowest BCUT2D eigenvalue weighted by Crippen LogP contribution is -2.41. The molecule has 0 radical (unpaired) electrons. The van der Waals surface area contributed by atoms with Crippen molar-refractivity contribution in [3.05, 3.63) is 0 Å². The van der Waals surface area contributed by atoms with Gasteiger partial charge in [-0.1, -0.05) is 13.8 Å². The molecule has 1 saturated carbocycles. The molecular formula is C13H25NO2. The van der Waals surface area contributed by atoms with E-state index in [-0.39, 0.29) is 11.7 Å². The highest BCUT2D eigenvalue weighted by Crippen LogP contribution is 2.37. The minimum atomic E-state index is -0.362. The van der Waals surface area contributed by atoms with E-state index >= 15 is 0 Å². The van der Waals surface area contributed by atoms with Crippen LogP contribution in [0.25, 0.3) is 0 Å². The summed E-state index contributed by atoms with van der Waals surface area (Å²) in [4.78, 5) is 13.7. The second-order valence-corrected chi connectivity index (χ2v) is 5.47. The zero-order chi connectivity index (χ0) is 12.3. The fourth-order valence-electron chi connectivity index (χ4n) is 2.47. The third-order valence-electron chi connectivity index (χ3n) is 3.04. The van der Waals surface area contributed by atoms with E-state index in [1.165, 1.54) is 19.3 Å². The van der Waals surface area contributed by atoms with Gasteiger partial charge in [0.05, 0.1) is 0 Å². The van der Waals surface area contributed by atoms with Gasteiger partial charge in [-0.2, -0.15) is 0 Å². The Kier molecular flexibility index (Phi) is 4.22. The van der Waals surface area contributed by atoms with Gasteiger partial charge in [0, 0.05) is 12.6 Å². The van der Waals surface area contributed by atoms with Gasteiger partial charge in [0.1, 0.15) is 5.60 Å². The average Bonchev–Trinajstić information content (AvgIpc) is 2.79. The molecule has 2 aliphatic rings. The van der Waals surface area contributed by atoms with E-state index in [9.17, 15) is 4.79 Å². The number of carbonyl (C=O) groups excluding carboxylic acids is 1. The molecule has 1 aliphatic carbocycles. The van der Waals surface area contributed by atoms with E-state index in [0.717, 1.165) is 12.5 Å². The third-order valence-corrected chi connectivity index (χ3v) is 3.04. The summed E-state index contributed by atoms with van der Waals surface area (Å²) in [5.41, 5.74) is -0.362. The lowest BCUT2D eigenvalue weighted by atomic mass is 10.1. The van der Waals surface area contributed by atoms with Crippen molar-refractivity contribution in [2.24, 2.45) is 5.92 Å². The first-order valence-electron chi connectivity index (χ1n) is 6.45. The van der Waals surface area contributed by atoms with Crippen molar-refractivity contribution in [1.29, 1.82) is 0 Å². The number of hydrogen-bond acceptors (Lipinski definition) is 2. The van der Waals surface area contributed by atoms with Crippen LogP contribution in [0, 0.1) is 5.92 Å². The molecule has 1 aliphatic heterocycles. The first-order valence-corrected chi connectivity index (χ1v) is 6.45. The molecule has 3 heteroatoms. The number of rotatable bonds is 0. The standard InChI is InChI=1S/C11H19NO2.C2H6/c1-11(2,3)14-10(13)12-7-8-4-5-9(12)6-8;1-2/h8-9H,4-7H2,1-3H3;1-2H3. The summed E-state index contributed by atoms with van der Waals surface area (Å²) >= 11 is 0. The molecule has 2 unspecified atom stereocenters. The summed E-state index contributed by atoms with van der Waals surface area (Å²) in [6, 6.07) is 0.467. The van der Waals surface area contributed by atoms with Crippen molar-refractivity contribution in [3.63, 3.8) is 0 Å². The molecule has 1 amide bonds. The van der Waals surface area contributed by atoms with Crippen LogP contribution in [0.1, 0.15) is 53.9 Å². The molecule has 3 nitrogen and oxygen atoms in total. The number of hydrogen-bond donors (Lipinski definition) is 0. The molecule has 2 fully saturated rings. The van der Waals surface area contributed by atoms with E-state index in [2.05, 4.69) is 0 Å². The van der Waals surface area contributed by atoms with E-state index in [0.29, 0.717) is 6.04 Å². The maximum atomic E-state index is 11.8. The quantitative estimate of drug-likeness (QED) is 0.634. The van der Waals surface area contributed by atoms with Gasteiger partial charge in [0.15, 0.2) is 0 Å². The highest BCUT2D eigenvalue weighted by Gasteiger charge is 2.41. The Labute approximate surface area is 99.1 Å². The topological polar surface area (TPSA) is 29.5 Å². The zero-order valence-electron chi connectivity index (χ0n) is 11.2. The van der Waals surface area contributed by atoms with Gasteiger partial charge in [0.2, 0.25) is 0 Å². The van der Waals surface area contributed by atoms with Crippen LogP contribution in [0.2, 0.25) is 0 Å². The fourth-order valence-corrected chi connectivity index (χ4v) is 2.47. The monoisotopic (exact) mass is 227 g/mol. The minimum absolute atomic E-state index is 0.121. The van der Waals surface area contributed by atoms with Crippen molar-refractivity contribution >= 4 is 6.09 Å². The third kappa shape index (κ3) is 3.13. The van der Waals surface area contributed by atoms with E-state index < -0.39 is 0 Å². The van der Waals surface area contributed by atoms with Gasteiger partial charge in [-0.05, 0) is 46.0 Å². The summed E-state index contributed by atoms with van der Waals surface area (Å²) in [6.07, 6.45) is 3.54. The SMILES string of the molecule is CC.CC(C)(C)OC(=O)N1CC2CCC1C2. The number of nitrogens with zero attached hydrogens (tertiary/aromatic N) is 1. The molecule has 0 aromatic rings. The van der Waals surface area contributed by atoms with Gasteiger partial charge < -0.3 is 9.64 Å². The molecule has 1 saturated heterocycles. The smallest absolute Gasteiger partial charge is 0.410 e. The maximum absolute atomic E-state index is 11.8. The Morgan fingerprint density at radius 2 is 1.88 bits per heavy atom. The molecule has 2 atom stereocenters. The van der Waals surface area contributed by atoms with Crippen molar-refractivity contribution in [3.8, 4) is 0 Å². The second-order valence-electron chi connectivity index (χ2n) is 5.47. The summed E-state index contributed by atoms with van der Waals surface area (Å²) < 4.78 is 5.36. The van der Waals surface area contributed by atoms with Gasteiger partial charge >= 0.3 is 6.09 Å². The highest BCUT2D eigenvalue weighted by molar-refractivity contribution is 5.69. The number of ether oxygens (including phenoxy) is 1. The fraction of sp³-hybridized carbons (Fsp3) is 0.923. The number of amides is 1. The maximum Gasteiger partial charge on any atom is 0.410 e. The molecule has 94 valence electrons. The van der Waals surface area contributed by atoms with Crippen LogP contribution >= 0.6 is 0 Å².